The Balaban J connectivity index is 1.42. The van der Waals surface area contributed by atoms with Crippen molar-refractivity contribution in [3.63, 3.8) is 0 Å². The number of hydrogen-bond donors (Lipinski definition) is 2. The van der Waals surface area contributed by atoms with E-state index in [4.69, 9.17) is 16.3 Å². The SMILES string of the molecule is CC(NCC(O)COCc1ccccc1Cl)c1nnc2n1CCCC2. The predicted molar refractivity (Wildman–Crippen MR) is 96.5 cm³/mol. The summed E-state index contributed by atoms with van der Waals surface area (Å²) in [7, 11) is 0. The van der Waals surface area contributed by atoms with Crippen LogP contribution in [0.2, 0.25) is 5.02 Å². The molecule has 1 aromatic heterocycles. The van der Waals surface area contributed by atoms with Crippen molar-refractivity contribution in [3.05, 3.63) is 46.5 Å². The molecule has 6 nitrogen and oxygen atoms in total. The minimum Gasteiger partial charge on any atom is -0.389 e. The molecular formula is C18H25ClN4O2. The molecule has 3 rings (SSSR count). The normalized spacial score (nSPS) is 16.4. The number of rotatable bonds is 8. The van der Waals surface area contributed by atoms with E-state index in [1.54, 1.807) is 0 Å². The molecule has 0 spiro atoms. The highest BCUT2D eigenvalue weighted by Crippen LogP contribution is 2.19. The fraction of sp³-hybridized carbons (Fsp3) is 0.556. The summed E-state index contributed by atoms with van der Waals surface area (Å²) in [5.74, 6) is 2.01. The summed E-state index contributed by atoms with van der Waals surface area (Å²) in [6, 6.07) is 7.60. The molecule has 2 heterocycles. The van der Waals surface area contributed by atoms with E-state index in [1.807, 2.05) is 31.2 Å². The Labute approximate surface area is 153 Å². The van der Waals surface area contributed by atoms with Crippen LogP contribution in [0.5, 0.6) is 0 Å². The van der Waals surface area contributed by atoms with Crippen LogP contribution in [0.15, 0.2) is 24.3 Å². The molecule has 0 saturated heterocycles. The van der Waals surface area contributed by atoms with Crippen LogP contribution in [-0.4, -0.2) is 39.1 Å². The van der Waals surface area contributed by atoms with E-state index >= 15 is 0 Å². The predicted octanol–water partition coefficient (Wildman–Crippen LogP) is 2.50. The molecule has 7 heteroatoms. The van der Waals surface area contributed by atoms with Gasteiger partial charge in [0, 0.05) is 24.5 Å². The first kappa shape index (κ1) is 18.3. The number of aryl methyl sites for hydroxylation is 1. The van der Waals surface area contributed by atoms with Gasteiger partial charge in [-0.05, 0) is 31.4 Å². The maximum absolute atomic E-state index is 10.1. The van der Waals surface area contributed by atoms with Gasteiger partial charge in [0.2, 0.25) is 0 Å². The van der Waals surface area contributed by atoms with Crippen molar-refractivity contribution in [2.24, 2.45) is 0 Å². The summed E-state index contributed by atoms with van der Waals surface area (Å²) in [6.07, 6.45) is 2.76. The number of fused-ring (bicyclic) bond motifs is 1. The van der Waals surface area contributed by atoms with E-state index in [2.05, 4.69) is 20.1 Å². The smallest absolute Gasteiger partial charge is 0.149 e. The summed E-state index contributed by atoms with van der Waals surface area (Å²) in [6.45, 7) is 4.11. The van der Waals surface area contributed by atoms with Crippen LogP contribution in [0, 0.1) is 0 Å². The van der Waals surface area contributed by atoms with Gasteiger partial charge in [0.05, 0.1) is 25.4 Å². The molecule has 25 heavy (non-hydrogen) atoms. The van der Waals surface area contributed by atoms with Crippen molar-refractivity contribution in [2.75, 3.05) is 13.2 Å². The zero-order valence-corrected chi connectivity index (χ0v) is 15.2. The molecule has 0 aliphatic carbocycles. The van der Waals surface area contributed by atoms with Crippen LogP contribution in [0.4, 0.5) is 0 Å². The van der Waals surface area contributed by atoms with Gasteiger partial charge in [-0.2, -0.15) is 0 Å². The average Bonchev–Trinajstić information content (AvgIpc) is 3.05. The fourth-order valence-electron chi connectivity index (χ4n) is 3.03. The molecule has 0 radical (unpaired) electrons. The fourth-order valence-corrected chi connectivity index (χ4v) is 3.22. The van der Waals surface area contributed by atoms with Gasteiger partial charge in [0.15, 0.2) is 0 Å². The monoisotopic (exact) mass is 364 g/mol. The van der Waals surface area contributed by atoms with Gasteiger partial charge in [-0.3, -0.25) is 0 Å². The first-order valence-electron chi connectivity index (χ1n) is 8.79. The number of nitrogens with one attached hydrogen (secondary N) is 1. The number of aromatic nitrogens is 3. The number of nitrogens with zero attached hydrogens (tertiary/aromatic N) is 3. The summed E-state index contributed by atoms with van der Waals surface area (Å²) < 4.78 is 7.76. The van der Waals surface area contributed by atoms with E-state index < -0.39 is 6.10 Å². The summed E-state index contributed by atoms with van der Waals surface area (Å²) in [5.41, 5.74) is 0.924. The van der Waals surface area contributed by atoms with Crippen LogP contribution < -0.4 is 5.32 Å². The molecule has 2 N–H and O–H groups in total. The first-order chi connectivity index (χ1) is 12.1. The molecule has 0 amide bonds. The summed E-state index contributed by atoms with van der Waals surface area (Å²) in [4.78, 5) is 0. The Hall–Kier alpha value is -1.47. The molecule has 2 unspecified atom stereocenters. The molecule has 2 atom stereocenters. The van der Waals surface area contributed by atoms with Crippen molar-refractivity contribution in [1.82, 2.24) is 20.1 Å². The first-order valence-corrected chi connectivity index (χ1v) is 9.17. The second-order valence-corrected chi connectivity index (χ2v) is 6.88. The van der Waals surface area contributed by atoms with Crippen LogP contribution in [0.1, 0.15) is 43.0 Å². The summed E-state index contributed by atoms with van der Waals surface area (Å²) in [5, 5.41) is 22.7. The third-order valence-electron chi connectivity index (χ3n) is 4.46. The topological polar surface area (TPSA) is 72.2 Å². The van der Waals surface area contributed by atoms with Crippen molar-refractivity contribution < 1.29 is 9.84 Å². The van der Waals surface area contributed by atoms with Gasteiger partial charge in [0.25, 0.3) is 0 Å². The molecule has 0 fully saturated rings. The van der Waals surface area contributed by atoms with Crippen LogP contribution in [0.25, 0.3) is 0 Å². The second kappa shape index (κ2) is 8.76. The number of ether oxygens (including phenoxy) is 1. The molecular weight excluding hydrogens is 340 g/mol. The molecule has 1 aliphatic rings. The Bertz CT molecular complexity index is 691. The molecule has 1 aromatic carbocycles. The number of benzene rings is 1. The van der Waals surface area contributed by atoms with E-state index in [0.29, 0.717) is 18.2 Å². The lowest BCUT2D eigenvalue weighted by atomic mass is 10.1. The highest BCUT2D eigenvalue weighted by molar-refractivity contribution is 6.31. The minimum atomic E-state index is -0.589. The second-order valence-electron chi connectivity index (χ2n) is 6.47. The highest BCUT2D eigenvalue weighted by Gasteiger charge is 2.20. The zero-order valence-electron chi connectivity index (χ0n) is 14.5. The van der Waals surface area contributed by atoms with Gasteiger partial charge in [-0.25, -0.2) is 0 Å². The molecule has 136 valence electrons. The van der Waals surface area contributed by atoms with Gasteiger partial charge < -0.3 is 19.7 Å². The molecule has 0 saturated carbocycles. The van der Waals surface area contributed by atoms with E-state index in [-0.39, 0.29) is 12.6 Å². The van der Waals surface area contributed by atoms with Crippen molar-refractivity contribution in [3.8, 4) is 0 Å². The van der Waals surface area contributed by atoms with Crippen molar-refractivity contribution >= 4 is 11.6 Å². The maximum Gasteiger partial charge on any atom is 0.149 e. The highest BCUT2D eigenvalue weighted by atomic mass is 35.5. The number of hydrogen-bond acceptors (Lipinski definition) is 5. The number of halogens is 1. The minimum absolute atomic E-state index is 0.0394. The lowest BCUT2D eigenvalue weighted by Crippen LogP contribution is -2.33. The third kappa shape index (κ3) is 4.79. The largest absolute Gasteiger partial charge is 0.389 e. The van der Waals surface area contributed by atoms with Crippen molar-refractivity contribution in [2.45, 2.75) is 51.5 Å². The lowest BCUT2D eigenvalue weighted by molar-refractivity contribution is 0.0277. The van der Waals surface area contributed by atoms with E-state index in [1.165, 1.54) is 12.8 Å². The number of aliphatic hydroxyl groups excluding tert-OH is 1. The van der Waals surface area contributed by atoms with Gasteiger partial charge in [-0.15, -0.1) is 10.2 Å². The average molecular weight is 365 g/mol. The van der Waals surface area contributed by atoms with Gasteiger partial charge in [0.1, 0.15) is 11.6 Å². The van der Waals surface area contributed by atoms with Crippen LogP contribution in [-0.2, 0) is 24.3 Å². The zero-order chi connectivity index (χ0) is 17.6. The standard InChI is InChI=1S/C18H25ClN4O2/c1-13(18-22-21-17-8-4-5-9-23(17)18)20-10-15(24)12-25-11-14-6-2-3-7-16(14)19/h2-3,6-7,13,15,20,24H,4-5,8-12H2,1H3. The van der Waals surface area contributed by atoms with E-state index in [0.717, 1.165) is 30.2 Å². The van der Waals surface area contributed by atoms with Crippen molar-refractivity contribution in [1.29, 1.82) is 0 Å². The van der Waals surface area contributed by atoms with E-state index in [9.17, 15) is 5.11 Å². The lowest BCUT2D eigenvalue weighted by Gasteiger charge is -2.20. The maximum atomic E-state index is 10.1. The van der Waals surface area contributed by atoms with Gasteiger partial charge in [-0.1, -0.05) is 29.8 Å². The Morgan fingerprint density at radius 2 is 2.16 bits per heavy atom. The molecule has 0 bridgehead atoms. The van der Waals surface area contributed by atoms with Gasteiger partial charge >= 0.3 is 0 Å². The third-order valence-corrected chi connectivity index (χ3v) is 4.83. The van der Waals surface area contributed by atoms with Crippen LogP contribution in [0.3, 0.4) is 0 Å². The Kier molecular flexibility index (Phi) is 6.42. The Morgan fingerprint density at radius 1 is 1.32 bits per heavy atom. The Morgan fingerprint density at radius 3 is 3.00 bits per heavy atom. The molecule has 2 aromatic rings. The quantitative estimate of drug-likeness (QED) is 0.753. The van der Waals surface area contributed by atoms with Crippen LogP contribution >= 0.6 is 11.6 Å². The summed E-state index contributed by atoms with van der Waals surface area (Å²) >= 11 is 6.09. The number of aliphatic hydroxyl groups is 1. The molecule has 1 aliphatic heterocycles.